The van der Waals surface area contributed by atoms with Crippen molar-refractivity contribution in [2.24, 2.45) is 0 Å². The summed E-state index contributed by atoms with van der Waals surface area (Å²) in [6.07, 6.45) is -0.332. The molecule has 0 radical (unpaired) electrons. The monoisotopic (exact) mass is 332 g/mol. The average Bonchev–Trinajstić information content (AvgIpc) is 2.82. The van der Waals surface area contributed by atoms with E-state index in [1.54, 1.807) is 6.07 Å². The lowest BCUT2D eigenvalue weighted by atomic mass is 10.0. The third-order valence-electron chi connectivity index (χ3n) is 4.60. The zero-order valence-corrected chi connectivity index (χ0v) is 13.2. The Bertz CT molecular complexity index is 653. The Kier molecular flexibility index (Phi) is 5.20. The van der Waals surface area contributed by atoms with Crippen LogP contribution in [-0.2, 0) is 13.0 Å². The summed E-state index contributed by atoms with van der Waals surface area (Å²) in [6, 6.07) is 11.6. The molecule has 0 amide bonds. The molecule has 0 saturated carbocycles. The first-order chi connectivity index (χ1) is 11.6. The Balaban J connectivity index is 1.84. The predicted molar refractivity (Wildman–Crippen MR) is 86.6 cm³/mol. The summed E-state index contributed by atoms with van der Waals surface area (Å²) >= 11 is 0. The molecule has 6 heteroatoms. The molecule has 3 N–H and O–H groups in total. The second-order valence-electron chi connectivity index (χ2n) is 6.13. The van der Waals surface area contributed by atoms with Crippen molar-refractivity contribution in [2.45, 2.75) is 37.3 Å². The molecule has 2 heterocycles. The van der Waals surface area contributed by atoms with Crippen LogP contribution in [0.5, 0.6) is 0 Å². The second kappa shape index (κ2) is 7.36. The quantitative estimate of drug-likeness (QED) is 0.753. The van der Waals surface area contributed by atoms with Gasteiger partial charge in [0.15, 0.2) is 0 Å². The normalized spacial score (nSPS) is 27.5. The van der Waals surface area contributed by atoms with Gasteiger partial charge in [-0.15, -0.1) is 0 Å². The van der Waals surface area contributed by atoms with E-state index in [1.807, 2.05) is 35.2 Å². The lowest BCUT2D eigenvalue weighted by Crippen LogP contribution is -2.42. The van der Waals surface area contributed by atoms with Crippen LogP contribution in [0.15, 0.2) is 48.7 Å². The molecule has 1 aliphatic rings. The van der Waals surface area contributed by atoms with Crippen LogP contribution in [-0.4, -0.2) is 56.1 Å². The van der Waals surface area contributed by atoms with E-state index in [4.69, 9.17) is 0 Å². The number of nitrogens with zero attached hydrogens (tertiary/aromatic N) is 2. The van der Waals surface area contributed by atoms with Crippen molar-refractivity contribution in [2.75, 3.05) is 6.61 Å². The summed E-state index contributed by atoms with van der Waals surface area (Å²) in [5.41, 5.74) is 1.65. The number of hydrogen-bond donors (Lipinski definition) is 3. The van der Waals surface area contributed by atoms with Gasteiger partial charge in [0.25, 0.3) is 0 Å². The summed E-state index contributed by atoms with van der Waals surface area (Å²) < 4.78 is 13.0. The van der Waals surface area contributed by atoms with Crippen molar-refractivity contribution < 1.29 is 19.7 Å². The van der Waals surface area contributed by atoms with Crippen molar-refractivity contribution in [3.63, 3.8) is 0 Å². The molecule has 3 rings (SSSR count). The average molecular weight is 332 g/mol. The fourth-order valence-corrected chi connectivity index (χ4v) is 3.32. The molecule has 1 saturated heterocycles. The molecule has 1 aliphatic heterocycles. The second-order valence-corrected chi connectivity index (χ2v) is 6.13. The molecule has 1 aromatic heterocycles. The van der Waals surface area contributed by atoms with Gasteiger partial charge in [-0.25, -0.2) is 4.39 Å². The van der Waals surface area contributed by atoms with Gasteiger partial charge in [-0.05, 0) is 24.1 Å². The first kappa shape index (κ1) is 17.0. The number of pyridine rings is 1. The van der Waals surface area contributed by atoms with Gasteiger partial charge in [-0.3, -0.25) is 9.88 Å². The summed E-state index contributed by atoms with van der Waals surface area (Å²) in [7, 11) is 0. The Morgan fingerprint density at radius 3 is 2.33 bits per heavy atom. The molecule has 4 atom stereocenters. The molecule has 1 aromatic carbocycles. The smallest absolute Gasteiger partial charge is 0.141 e. The van der Waals surface area contributed by atoms with Crippen LogP contribution in [0, 0.1) is 5.82 Å². The van der Waals surface area contributed by atoms with Crippen LogP contribution >= 0.6 is 0 Å². The summed E-state index contributed by atoms with van der Waals surface area (Å²) in [5, 5.41) is 30.3. The topological polar surface area (TPSA) is 76.8 Å². The first-order valence-corrected chi connectivity index (χ1v) is 7.97. The molecular formula is C18H21FN2O3. The maximum absolute atomic E-state index is 13.0. The van der Waals surface area contributed by atoms with Crippen LogP contribution in [0.1, 0.15) is 11.3 Å². The highest BCUT2D eigenvalue weighted by Gasteiger charge is 2.47. The zero-order valence-electron chi connectivity index (χ0n) is 13.2. The van der Waals surface area contributed by atoms with Gasteiger partial charge in [-0.1, -0.05) is 30.3 Å². The van der Waals surface area contributed by atoms with Crippen molar-refractivity contribution in [3.8, 4) is 0 Å². The van der Waals surface area contributed by atoms with Crippen LogP contribution < -0.4 is 0 Å². The van der Waals surface area contributed by atoms with Gasteiger partial charge in [-0.2, -0.15) is 0 Å². The molecule has 5 nitrogen and oxygen atoms in total. The Morgan fingerprint density at radius 2 is 1.71 bits per heavy atom. The highest BCUT2D eigenvalue weighted by Crippen LogP contribution is 2.29. The van der Waals surface area contributed by atoms with E-state index in [2.05, 4.69) is 4.98 Å². The number of aromatic nitrogens is 1. The van der Waals surface area contributed by atoms with Crippen molar-refractivity contribution >= 4 is 0 Å². The molecule has 128 valence electrons. The van der Waals surface area contributed by atoms with E-state index in [9.17, 15) is 19.7 Å². The van der Waals surface area contributed by atoms with Gasteiger partial charge < -0.3 is 15.3 Å². The van der Waals surface area contributed by atoms with Gasteiger partial charge in [0.05, 0.1) is 36.7 Å². The largest absolute Gasteiger partial charge is 0.395 e. The molecule has 24 heavy (non-hydrogen) atoms. The molecule has 0 aliphatic carbocycles. The summed E-state index contributed by atoms with van der Waals surface area (Å²) in [6.45, 7) is 0.0435. The van der Waals surface area contributed by atoms with Crippen LogP contribution in [0.2, 0.25) is 0 Å². The maximum atomic E-state index is 13.0. The van der Waals surface area contributed by atoms with E-state index in [1.165, 1.54) is 6.07 Å². The fraction of sp³-hybridized carbons (Fsp3) is 0.389. The van der Waals surface area contributed by atoms with Gasteiger partial charge in [0.1, 0.15) is 5.82 Å². The third kappa shape index (κ3) is 3.47. The molecule has 0 unspecified atom stereocenters. The van der Waals surface area contributed by atoms with Gasteiger partial charge >= 0.3 is 0 Å². The van der Waals surface area contributed by atoms with Crippen molar-refractivity contribution in [1.29, 1.82) is 0 Å². The van der Waals surface area contributed by atoms with E-state index in [-0.39, 0.29) is 12.6 Å². The highest BCUT2D eigenvalue weighted by molar-refractivity contribution is 5.18. The Hall–Kier alpha value is -1.86. The van der Waals surface area contributed by atoms with Crippen LogP contribution in [0.3, 0.4) is 0 Å². The zero-order chi connectivity index (χ0) is 17.1. The number of rotatable bonds is 5. The Morgan fingerprint density at radius 1 is 1.00 bits per heavy atom. The molecule has 0 bridgehead atoms. The summed E-state index contributed by atoms with van der Waals surface area (Å²) in [4.78, 5) is 5.89. The SMILES string of the molecule is OC[C@@H]1[C@@H](O)[C@@H](O)[C@H](Cc2ccccc2)N1Cc1ccc(F)cn1. The number of aliphatic hydroxyl groups is 3. The van der Waals surface area contributed by atoms with Gasteiger partial charge in [0.2, 0.25) is 0 Å². The molecule has 0 spiro atoms. The predicted octanol–water partition coefficient (Wildman–Crippen LogP) is 0.730. The Labute approximate surface area is 140 Å². The minimum Gasteiger partial charge on any atom is -0.395 e. The number of hydrogen-bond acceptors (Lipinski definition) is 5. The van der Waals surface area contributed by atoms with Crippen LogP contribution in [0.4, 0.5) is 4.39 Å². The maximum Gasteiger partial charge on any atom is 0.141 e. The van der Waals surface area contributed by atoms with Crippen molar-refractivity contribution in [1.82, 2.24) is 9.88 Å². The van der Waals surface area contributed by atoms with Crippen molar-refractivity contribution in [3.05, 3.63) is 65.7 Å². The lowest BCUT2D eigenvalue weighted by Gasteiger charge is -2.29. The van der Waals surface area contributed by atoms with E-state index < -0.39 is 24.1 Å². The van der Waals surface area contributed by atoms with Gasteiger partial charge in [0, 0.05) is 12.6 Å². The standard InChI is InChI=1S/C18H21FN2O3/c19-13-6-7-14(20-9-13)10-21-15(8-12-4-2-1-3-5-12)17(23)18(24)16(21)11-22/h1-7,9,15-18,22-24H,8,10-11H2/t15-,16+,17-,18+/m0/s1. The molecule has 2 aromatic rings. The first-order valence-electron chi connectivity index (χ1n) is 7.97. The minimum atomic E-state index is -1.04. The van der Waals surface area contributed by atoms with E-state index in [0.29, 0.717) is 18.7 Å². The number of benzene rings is 1. The molecule has 1 fully saturated rings. The fourth-order valence-electron chi connectivity index (χ4n) is 3.32. The lowest BCUT2D eigenvalue weighted by molar-refractivity contribution is 0.0178. The minimum absolute atomic E-state index is 0.273. The van der Waals surface area contributed by atoms with E-state index in [0.717, 1.165) is 11.8 Å². The highest BCUT2D eigenvalue weighted by atomic mass is 19.1. The number of likely N-dealkylation sites (tertiary alicyclic amines) is 1. The number of aliphatic hydroxyl groups excluding tert-OH is 3. The third-order valence-corrected chi connectivity index (χ3v) is 4.60. The summed E-state index contributed by atoms with van der Waals surface area (Å²) in [5.74, 6) is -0.417. The number of halogens is 1. The van der Waals surface area contributed by atoms with E-state index >= 15 is 0 Å². The van der Waals surface area contributed by atoms with Crippen LogP contribution in [0.25, 0.3) is 0 Å². The molecular weight excluding hydrogens is 311 g/mol.